The van der Waals surface area contributed by atoms with Crippen molar-refractivity contribution >= 4 is 52.4 Å². The summed E-state index contributed by atoms with van der Waals surface area (Å²) in [7, 11) is 0. The number of nitrogens with two attached hydrogens (primary N) is 3. The first-order valence-electron chi connectivity index (χ1n) is 17.5. The first-order valence-corrected chi connectivity index (χ1v) is 17.5. The van der Waals surface area contributed by atoms with E-state index in [9.17, 15) is 18.4 Å². The summed E-state index contributed by atoms with van der Waals surface area (Å²) >= 11 is 0. The van der Waals surface area contributed by atoms with Gasteiger partial charge in [-0.1, -0.05) is 0 Å². The minimum atomic E-state index is -0.497. The summed E-state index contributed by atoms with van der Waals surface area (Å²) in [6, 6.07) is 13.0. The van der Waals surface area contributed by atoms with E-state index < -0.39 is 17.5 Å². The van der Waals surface area contributed by atoms with Crippen LogP contribution in [0.5, 0.6) is 0 Å². The van der Waals surface area contributed by atoms with Gasteiger partial charge in [0.2, 0.25) is 23.7 Å². The molecule has 2 aromatic heterocycles. The maximum Gasteiger partial charge on any atom is 0.248 e. The average Bonchev–Trinajstić information content (AvgIpc) is 3.13. The van der Waals surface area contributed by atoms with Crippen LogP contribution in [-0.2, 0) is 11.2 Å². The summed E-state index contributed by atoms with van der Waals surface area (Å²) in [6.45, 7) is 0. The van der Waals surface area contributed by atoms with Gasteiger partial charge in [0.05, 0.1) is 12.4 Å². The van der Waals surface area contributed by atoms with E-state index in [0.717, 1.165) is 74.5 Å². The highest BCUT2D eigenvalue weighted by molar-refractivity contribution is 5.94. The van der Waals surface area contributed by atoms with Gasteiger partial charge >= 0.3 is 0 Å². The SMILES string of the molecule is NC(=O)c1ccc(Nc2ncc(F)c(N[C@H]3CC[C@@H](N)CC3)n2)cc1.N[C@H]1CC[C@@H](Nc2nc(Nc3ccc4c(c3)CCC(=O)N4)ncc2F)CC1. The molecule has 2 amide bonds. The molecule has 14 nitrogen and oxygen atoms in total. The monoisotopic (exact) mass is 714 g/mol. The molecule has 0 saturated heterocycles. The van der Waals surface area contributed by atoms with E-state index in [1.165, 1.54) is 6.20 Å². The molecule has 1 aliphatic heterocycles. The number of nitrogens with one attached hydrogen (secondary N) is 5. The predicted molar refractivity (Wildman–Crippen MR) is 197 cm³/mol. The third-order valence-electron chi connectivity index (χ3n) is 9.40. The van der Waals surface area contributed by atoms with Crippen molar-refractivity contribution in [1.29, 1.82) is 0 Å². The maximum absolute atomic E-state index is 14.1. The zero-order valence-electron chi connectivity index (χ0n) is 28.7. The second kappa shape index (κ2) is 16.7. The number of aryl methyl sites for hydroxylation is 1. The molecule has 11 N–H and O–H groups in total. The number of aromatic nitrogens is 4. The van der Waals surface area contributed by atoms with Crippen molar-refractivity contribution in [3.8, 4) is 0 Å². The molecule has 0 unspecified atom stereocenters. The standard InChI is InChI=1S/C19H23FN6O.C17H21FN6O/c20-15-10-22-19(26-18(15)23-13-4-2-12(21)3-5-13)24-14-6-7-16-11(9-14)1-8-17(27)25-16;18-14-9-21-17(23-13-5-1-10(2-6-13)15(20)25)24-16(14)22-12-7-3-11(19)4-8-12/h6-7,9-10,12-13H,1-5,8,21H2,(H,25,27)(H2,22,23,24,26);1-2,5-6,9,11-12H,3-4,7-8,19H2,(H2,20,25)(H2,21,22,23,24)/t12-,13+;11-,12+. The van der Waals surface area contributed by atoms with Crippen LogP contribution >= 0.6 is 0 Å². The number of carbonyl (C=O) groups is 2. The minimum Gasteiger partial charge on any atom is -0.366 e. The maximum atomic E-state index is 14.1. The lowest BCUT2D eigenvalue weighted by atomic mass is 9.92. The van der Waals surface area contributed by atoms with Crippen LogP contribution in [0.2, 0.25) is 0 Å². The molecule has 0 spiro atoms. The van der Waals surface area contributed by atoms with Crippen molar-refractivity contribution in [2.45, 2.75) is 88.4 Å². The minimum absolute atomic E-state index is 0.0319. The van der Waals surface area contributed by atoms with E-state index in [4.69, 9.17) is 17.2 Å². The molecule has 0 bridgehead atoms. The smallest absolute Gasteiger partial charge is 0.248 e. The Kier molecular flexibility index (Phi) is 11.7. The van der Waals surface area contributed by atoms with Crippen LogP contribution in [0.25, 0.3) is 0 Å². The quantitative estimate of drug-likeness (QED) is 0.114. The second-order valence-corrected chi connectivity index (χ2v) is 13.4. The Morgan fingerprint density at radius 3 is 1.73 bits per heavy atom. The first-order chi connectivity index (χ1) is 25.1. The largest absolute Gasteiger partial charge is 0.366 e. The highest BCUT2D eigenvalue weighted by Crippen LogP contribution is 2.28. The number of hydrogen-bond donors (Lipinski definition) is 8. The van der Waals surface area contributed by atoms with Crippen LogP contribution in [0, 0.1) is 11.6 Å². The van der Waals surface area contributed by atoms with Gasteiger partial charge in [0, 0.05) is 53.2 Å². The lowest BCUT2D eigenvalue weighted by Gasteiger charge is -2.27. The van der Waals surface area contributed by atoms with E-state index >= 15 is 0 Å². The Morgan fingerprint density at radius 2 is 1.21 bits per heavy atom. The van der Waals surface area contributed by atoms with E-state index in [1.54, 1.807) is 24.3 Å². The van der Waals surface area contributed by atoms with Crippen molar-refractivity contribution in [2.75, 3.05) is 26.6 Å². The Labute approximate surface area is 300 Å². The molecule has 0 atom stereocenters. The van der Waals surface area contributed by atoms with Crippen LogP contribution in [0.3, 0.4) is 0 Å². The summed E-state index contributed by atoms with van der Waals surface area (Å²) in [4.78, 5) is 39.0. The average molecular weight is 715 g/mol. The zero-order valence-corrected chi connectivity index (χ0v) is 28.7. The van der Waals surface area contributed by atoms with Gasteiger partial charge in [0.15, 0.2) is 23.3 Å². The fourth-order valence-corrected chi connectivity index (χ4v) is 6.41. The Morgan fingerprint density at radius 1 is 0.712 bits per heavy atom. The third kappa shape index (κ3) is 9.85. The fraction of sp³-hybridized carbons (Fsp3) is 0.389. The van der Waals surface area contributed by atoms with E-state index in [1.807, 2.05) is 18.2 Å². The molecule has 2 saturated carbocycles. The molecule has 3 heterocycles. The summed E-state index contributed by atoms with van der Waals surface area (Å²) < 4.78 is 28.1. The van der Waals surface area contributed by atoms with Crippen LogP contribution < -0.4 is 43.8 Å². The Bertz CT molecular complexity index is 1860. The number of anilines is 7. The number of benzene rings is 2. The fourth-order valence-electron chi connectivity index (χ4n) is 6.41. The highest BCUT2D eigenvalue weighted by Gasteiger charge is 2.22. The molecular weight excluding hydrogens is 670 g/mol. The molecule has 0 radical (unpaired) electrons. The van der Waals surface area contributed by atoms with E-state index in [-0.39, 0.29) is 47.7 Å². The highest BCUT2D eigenvalue weighted by atomic mass is 19.1. The summed E-state index contributed by atoms with van der Waals surface area (Å²) in [5.74, 6) is -0.458. The molecule has 2 aromatic carbocycles. The molecule has 16 heteroatoms. The molecule has 7 rings (SSSR count). The van der Waals surface area contributed by atoms with E-state index in [0.29, 0.717) is 30.0 Å². The second-order valence-electron chi connectivity index (χ2n) is 13.4. The van der Waals surface area contributed by atoms with Gasteiger partial charge in [-0.2, -0.15) is 9.97 Å². The van der Waals surface area contributed by atoms with Gasteiger partial charge in [-0.05, 0) is 106 Å². The lowest BCUT2D eigenvalue weighted by Crippen LogP contribution is -2.33. The predicted octanol–water partition coefficient (Wildman–Crippen LogP) is 5.07. The number of nitrogens with zero attached hydrogens (tertiary/aromatic N) is 4. The number of carbonyl (C=O) groups excluding carboxylic acids is 2. The van der Waals surface area contributed by atoms with Crippen LogP contribution in [0.15, 0.2) is 54.9 Å². The van der Waals surface area contributed by atoms with Gasteiger partial charge in [0.25, 0.3) is 0 Å². The van der Waals surface area contributed by atoms with Crippen molar-refractivity contribution in [2.24, 2.45) is 17.2 Å². The molecule has 274 valence electrons. The van der Waals surface area contributed by atoms with Crippen molar-refractivity contribution in [3.63, 3.8) is 0 Å². The van der Waals surface area contributed by atoms with Crippen LogP contribution in [0.1, 0.15) is 73.7 Å². The van der Waals surface area contributed by atoms with E-state index in [2.05, 4.69) is 46.5 Å². The lowest BCUT2D eigenvalue weighted by molar-refractivity contribution is -0.116. The number of primary amides is 1. The molecule has 4 aromatic rings. The summed E-state index contributed by atoms with van der Waals surface area (Å²) in [5.41, 5.74) is 20.8. The Balaban J connectivity index is 0.000000179. The third-order valence-corrected chi connectivity index (χ3v) is 9.40. The Hall–Kier alpha value is -5.48. The van der Waals surface area contributed by atoms with Gasteiger partial charge < -0.3 is 43.8 Å². The van der Waals surface area contributed by atoms with Crippen LogP contribution in [-0.4, -0.2) is 55.9 Å². The first kappa shape index (κ1) is 36.3. The summed E-state index contributed by atoms with van der Waals surface area (Å²) in [5, 5.41) is 15.3. The van der Waals surface area contributed by atoms with Crippen molar-refractivity contribution in [1.82, 2.24) is 19.9 Å². The number of fused-ring (bicyclic) bond motifs is 1. The number of hydrogen-bond acceptors (Lipinski definition) is 12. The molecule has 2 fully saturated rings. The van der Waals surface area contributed by atoms with Gasteiger partial charge in [0.1, 0.15) is 0 Å². The van der Waals surface area contributed by atoms with Crippen molar-refractivity contribution in [3.05, 3.63) is 77.6 Å². The van der Waals surface area contributed by atoms with Crippen molar-refractivity contribution < 1.29 is 18.4 Å². The number of amides is 2. The summed E-state index contributed by atoms with van der Waals surface area (Å²) in [6.07, 6.45) is 10.8. The molecule has 52 heavy (non-hydrogen) atoms. The van der Waals surface area contributed by atoms with Gasteiger partial charge in [-0.25, -0.2) is 18.7 Å². The normalized spacial score (nSPS) is 21.0. The van der Waals surface area contributed by atoms with Gasteiger partial charge in [-0.15, -0.1) is 0 Å². The van der Waals surface area contributed by atoms with Crippen LogP contribution in [0.4, 0.5) is 49.4 Å². The zero-order chi connectivity index (χ0) is 36.6. The molecule has 2 aliphatic carbocycles. The molecule has 3 aliphatic rings. The number of rotatable bonds is 9. The number of halogens is 2. The van der Waals surface area contributed by atoms with Gasteiger partial charge in [-0.3, -0.25) is 9.59 Å². The molecular formula is C36H44F2N12O2. The topological polar surface area (TPSA) is 224 Å².